The number of likely N-dealkylation sites (tertiary alicyclic amines) is 1. The number of H-pyrrole nitrogens is 1. The van der Waals surface area contributed by atoms with E-state index in [1.165, 1.54) is 12.0 Å². The fourth-order valence-corrected chi connectivity index (χ4v) is 5.67. The number of primary amides is 2. The molecule has 1 saturated heterocycles. The van der Waals surface area contributed by atoms with E-state index in [4.69, 9.17) is 23.1 Å². The molecule has 1 aromatic carbocycles. The number of fused-ring (bicyclic) bond motifs is 1. The normalized spacial score (nSPS) is 16.2. The third-order valence-electron chi connectivity index (χ3n) is 8.07. The Bertz CT molecular complexity index is 1480. The van der Waals surface area contributed by atoms with E-state index >= 15 is 0 Å². The molecule has 1 aromatic heterocycles. The second-order valence-electron chi connectivity index (χ2n) is 11.4. The van der Waals surface area contributed by atoms with Crippen molar-refractivity contribution in [3.63, 3.8) is 0 Å². The molecular weight excluding hydrogens is 648 g/mol. The molecule has 4 atom stereocenters. The van der Waals surface area contributed by atoms with E-state index in [2.05, 4.69) is 31.0 Å². The topological polar surface area (TPSA) is 248 Å². The molecule has 0 bridgehead atoms. The summed E-state index contributed by atoms with van der Waals surface area (Å²) in [5, 5.41) is 11.2. The highest BCUT2D eigenvalue weighted by molar-refractivity contribution is 6.27. The largest absolute Gasteiger partial charge is 0.469 e. The second-order valence-corrected chi connectivity index (χ2v) is 11.7. The predicted molar refractivity (Wildman–Crippen MR) is 175 cm³/mol. The van der Waals surface area contributed by atoms with Gasteiger partial charge in [-0.2, -0.15) is 0 Å². The molecule has 0 unspecified atom stereocenters. The maximum absolute atomic E-state index is 13.9. The Balaban J connectivity index is 1.85. The smallest absolute Gasteiger partial charge is 0.312 e. The molecule has 1 fully saturated rings. The molecule has 48 heavy (non-hydrogen) atoms. The first kappa shape index (κ1) is 37.6. The van der Waals surface area contributed by atoms with Crippen LogP contribution in [-0.4, -0.2) is 102 Å². The summed E-state index contributed by atoms with van der Waals surface area (Å²) < 4.78 is 4.67. The zero-order valence-corrected chi connectivity index (χ0v) is 27.5. The van der Waals surface area contributed by atoms with Gasteiger partial charge in [0.2, 0.25) is 29.5 Å². The van der Waals surface area contributed by atoms with E-state index in [1.54, 1.807) is 6.20 Å². The SMILES string of the molecule is COC(=O)CC[C@H](NC(=O)CCl)C(=O)N1CCCC[C@H]1C(=O)N[C@@H](Cc1c[nH]c2ccccc12)C(=O)N[C@@H](CCCNC(N)=O)C(N)=O. The first-order chi connectivity index (χ1) is 22.9. The van der Waals surface area contributed by atoms with Crippen molar-refractivity contribution in [2.75, 3.05) is 26.1 Å². The number of para-hydroxylation sites is 1. The van der Waals surface area contributed by atoms with E-state index in [0.717, 1.165) is 16.5 Å². The molecule has 0 spiro atoms. The van der Waals surface area contributed by atoms with Gasteiger partial charge in [0.05, 0.1) is 7.11 Å². The van der Waals surface area contributed by atoms with Crippen molar-refractivity contribution in [3.8, 4) is 0 Å². The number of hydrogen-bond acceptors (Lipinski definition) is 8. The van der Waals surface area contributed by atoms with Crippen LogP contribution in [0.2, 0.25) is 0 Å². The number of urea groups is 1. The summed E-state index contributed by atoms with van der Waals surface area (Å²) in [6.45, 7) is 0.354. The van der Waals surface area contributed by atoms with Crippen LogP contribution >= 0.6 is 11.6 Å². The van der Waals surface area contributed by atoms with Gasteiger partial charge in [0, 0.05) is 43.0 Å². The van der Waals surface area contributed by atoms with Gasteiger partial charge in [0.25, 0.3) is 0 Å². The number of halogens is 1. The summed E-state index contributed by atoms with van der Waals surface area (Å²) in [4.78, 5) is 93.0. The Hall–Kier alpha value is -4.86. The Kier molecular flexibility index (Phi) is 14.5. The average Bonchev–Trinajstić information content (AvgIpc) is 3.49. The highest BCUT2D eigenvalue weighted by atomic mass is 35.5. The number of carbonyl (C=O) groups is 7. The molecule has 16 nitrogen and oxygen atoms in total. The molecule has 9 N–H and O–H groups in total. The minimum Gasteiger partial charge on any atom is -0.469 e. The summed E-state index contributed by atoms with van der Waals surface area (Å²) in [6, 6.07) is 2.24. The third-order valence-corrected chi connectivity index (χ3v) is 8.31. The Morgan fingerprint density at radius 1 is 1.00 bits per heavy atom. The summed E-state index contributed by atoms with van der Waals surface area (Å²) in [7, 11) is 1.21. The highest BCUT2D eigenvalue weighted by Gasteiger charge is 2.38. The van der Waals surface area contributed by atoms with Crippen LogP contribution < -0.4 is 32.7 Å². The monoisotopic (exact) mass is 690 g/mol. The van der Waals surface area contributed by atoms with Gasteiger partial charge < -0.3 is 47.4 Å². The minimum atomic E-state index is -1.19. The van der Waals surface area contributed by atoms with E-state index < -0.39 is 71.6 Å². The summed E-state index contributed by atoms with van der Waals surface area (Å²) in [5.74, 6) is -4.29. The number of rotatable bonds is 17. The van der Waals surface area contributed by atoms with Crippen LogP contribution in [0.25, 0.3) is 10.9 Å². The molecule has 1 aliphatic heterocycles. The third kappa shape index (κ3) is 10.9. The van der Waals surface area contributed by atoms with Crippen molar-refractivity contribution in [3.05, 3.63) is 36.0 Å². The van der Waals surface area contributed by atoms with Gasteiger partial charge in [-0.15, -0.1) is 11.6 Å². The number of carbonyl (C=O) groups excluding carboxylic acids is 7. The standard InChI is InChI=1S/C31H43ClN8O8/c1-48-26(42)12-11-22(37-25(41)16-32)30(46)40-14-5-4-10-24(40)29(45)39-23(15-18-17-36-20-8-3-2-7-19(18)20)28(44)38-21(27(33)43)9-6-13-35-31(34)47/h2-3,7-8,17,21-24,36H,4-6,9-16H2,1H3,(H2,33,43)(H,37,41)(H,38,44)(H,39,45)(H3,34,35,47)/t21-,22-,23-,24-/m0/s1. The Morgan fingerprint density at radius 2 is 1.75 bits per heavy atom. The van der Waals surface area contributed by atoms with Crippen LogP contribution in [-0.2, 0) is 39.9 Å². The molecule has 0 radical (unpaired) electrons. The van der Waals surface area contributed by atoms with E-state index in [0.29, 0.717) is 12.8 Å². The Labute approximate surface area is 282 Å². The molecule has 7 amide bonds. The number of hydrogen-bond donors (Lipinski definition) is 7. The number of alkyl halides is 1. The van der Waals surface area contributed by atoms with E-state index in [9.17, 15) is 33.6 Å². The van der Waals surface area contributed by atoms with Crippen molar-refractivity contribution in [2.24, 2.45) is 11.5 Å². The number of aromatic nitrogens is 1. The summed E-state index contributed by atoms with van der Waals surface area (Å²) in [5.41, 5.74) is 12.2. The number of nitrogens with one attached hydrogen (secondary N) is 5. The minimum absolute atomic E-state index is 0.0322. The Morgan fingerprint density at radius 3 is 2.44 bits per heavy atom. The first-order valence-corrected chi connectivity index (χ1v) is 16.2. The van der Waals surface area contributed by atoms with Crippen LogP contribution in [0.5, 0.6) is 0 Å². The van der Waals surface area contributed by atoms with Gasteiger partial charge in [-0.25, -0.2) is 4.79 Å². The number of amides is 7. The number of aromatic amines is 1. The molecule has 1 aliphatic rings. The maximum atomic E-state index is 13.9. The lowest BCUT2D eigenvalue weighted by Gasteiger charge is -2.37. The zero-order valence-electron chi connectivity index (χ0n) is 26.7. The molecule has 0 aliphatic carbocycles. The lowest BCUT2D eigenvalue weighted by atomic mass is 9.97. The number of benzene rings is 1. The van der Waals surface area contributed by atoms with Crippen LogP contribution in [0.15, 0.2) is 30.5 Å². The lowest BCUT2D eigenvalue weighted by molar-refractivity contribution is -0.146. The van der Waals surface area contributed by atoms with Crippen molar-refractivity contribution in [2.45, 2.75) is 75.5 Å². The van der Waals surface area contributed by atoms with Gasteiger partial charge in [0.1, 0.15) is 30.0 Å². The van der Waals surface area contributed by atoms with Gasteiger partial charge in [-0.05, 0) is 50.2 Å². The van der Waals surface area contributed by atoms with Crippen molar-refractivity contribution in [1.82, 2.24) is 31.2 Å². The van der Waals surface area contributed by atoms with Crippen molar-refractivity contribution >= 4 is 64.0 Å². The first-order valence-electron chi connectivity index (χ1n) is 15.7. The van der Waals surface area contributed by atoms with Gasteiger partial charge in [-0.1, -0.05) is 18.2 Å². The highest BCUT2D eigenvalue weighted by Crippen LogP contribution is 2.22. The van der Waals surface area contributed by atoms with Gasteiger partial charge in [-0.3, -0.25) is 28.8 Å². The van der Waals surface area contributed by atoms with Crippen LogP contribution in [0.4, 0.5) is 4.79 Å². The predicted octanol–water partition coefficient (Wildman–Crippen LogP) is -0.328. The molecular formula is C31H43ClN8O8. The quantitative estimate of drug-likeness (QED) is 0.0656. The fraction of sp³-hybridized carbons (Fsp3) is 0.516. The van der Waals surface area contributed by atoms with Crippen LogP contribution in [0, 0.1) is 0 Å². The average molecular weight is 691 g/mol. The van der Waals surface area contributed by atoms with E-state index in [1.807, 2.05) is 24.3 Å². The summed E-state index contributed by atoms with van der Waals surface area (Å²) >= 11 is 5.66. The number of ether oxygens (including phenoxy) is 1. The number of piperidine rings is 1. The number of esters is 1. The maximum Gasteiger partial charge on any atom is 0.312 e. The molecule has 17 heteroatoms. The van der Waals surface area contributed by atoms with Crippen molar-refractivity contribution in [1.29, 1.82) is 0 Å². The molecule has 262 valence electrons. The number of nitrogens with zero attached hydrogens (tertiary/aromatic N) is 1. The molecule has 2 aromatic rings. The molecule has 3 rings (SSSR count). The van der Waals surface area contributed by atoms with Crippen LogP contribution in [0.1, 0.15) is 50.5 Å². The molecule has 0 saturated carbocycles. The van der Waals surface area contributed by atoms with Gasteiger partial charge in [0.15, 0.2) is 0 Å². The second kappa shape index (κ2) is 18.5. The fourth-order valence-electron chi connectivity index (χ4n) is 5.60. The van der Waals surface area contributed by atoms with Gasteiger partial charge >= 0.3 is 12.0 Å². The van der Waals surface area contributed by atoms with Crippen molar-refractivity contribution < 1.29 is 38.3 Å². The van der Waals surface area contributed by atoms with E-state index in [-0.39, 0.29) is 51.6 Å². The zero-order chi connectivity index (χ0) is 35.2. The number of methoxy groups -OCH3 is 1. The lowest BCUT2D eigenvalue weighted by Crippen LogP contribution is -2.60. The summed E-state index contributed by atoms with van der Waals surface area (Å²) in [6.07, 6.45) is 3.39. The number of nitrogens with two attached hydrogens (primary N) is 2. The van der Waals surface area contributed by atoms with Crippen LogP contribution in [0.3, 0.4) is 0 Å². The molecule has 2 heterocycles.